The van der Waals surface area contributed by atoms with Gasteiger partial charge in [0.2, 0.25) is 0 Å². The first-order valence-corrected chi connectivity index (χ1v) is 8.66. The summed E-state index contributed by atoms with van der Waals surface area (Å²) in [5.41, 5.74) is 3.25. The highest BCUT2D eigenvalue weighted by molar-refractivity contribution is 6.30. The average molecular weight is 331 g/mol. The van der Waals surface area contributed by atoms with Crippen molar-refractivity contribution in [2.24, 2.45) is 0 Å². The van der Waals surface area contributed by atoms with Crippen molar-refractivity contribution < 1.29 is 0 Å². The Balaban J connectivity index is 1.94. The Bertz CT molecular complexity index is 663. The Morgan fingerprint density at radius 1 is 1.17 bits per heavy atom. The van der Waals surface area contributed by atoms with Gasteiger partial charge in [0.1, 0.15) is 5.82 Å². The van der Waals surface area contributed by atoms with E-state index in [1.165, 1.54) is 5.56 Å². The van der Waals surface area contributed by atoms with Gasteiger partial charge in [0.05, 0.1) is 0 Å². The van der Waals surface area contributed by atoms with Crippen LogP contribution < -0.4 is 10.6 Å². The SMILES string of the molecule is CCc1c(C)nc(-c2ccc(Cl)cc2)nc1NC1CCNCC1. The largest absolute Gasteiger partial charge is 0.367 e. The van der Waals surface area contributed by atoms with E-state index in [0.29, 0.717) is 6.04 Å². The van der Waals surface area contributed by atoms with E-state index >= 15 is 0 Å². The van der Waals surface area contributed by atoms with E-state index in [-0.39, 0.29) is 0 Å². The molecule has 0 bridgehead atoms. The van der Waals surface area contributed by atoms with Crippen molar-refractivity contribution in [1.82, 2.24) is 15.3 Å². The van der Waals surface area contributed by atoms with E-state index in [1.807, 2.05) is 24.3 Å². The topological polar surface area (TPSA) is 49.8 Å². The number of hydrogen-bond donors (Lipinski definition) is 2. The van der Waals surface area contributed by atoms with Gasteiger partial charge in [-0.25, -0.2) is 9.97 Å². The van der Waals surface area contributed by atoms with Gasteiger partial charge >= 0.3 is 0 Å². The Labute approximate surface area is 142 Å². The molecule has 0 atom stereocenters. The quantitative estimate of drug-likeness (QED) is 0.894. The first kappa shape index (κ1) is 16.2. The minimum atomic E-state index is 0.480. The molecule has 0 saturated carbocycles. The number of nitrogens with zero attached hydrogens (tertiary/aromatic N) is 2. The molecule has 1 aromatic heterocycles. The molecule has 2 aromatic rings. The minimum absolute atomic E-state index is 0.480. The molecular formula is C18H23ClN4. The highest BCUT2D eigenvalue weighted by atomic mass is 35.5. The molecule has 0 spiro atoms. The number of aryl methyl sites for hydroxylation is 1. The second-order valence-electron chi connectivity index (χ2n) is 5.99. The molecule has 1 aliphatic rings. The van der Waals surface area contributed by atoms with Crippen LogP contribution in [-0.4, -0.2) is 29.1 Å². The fraction of sp³-hybridized carbons (Fsp3) is 0.444. The van der Waals surface area contributed by atoms with E-state index < -0.39 is 0 Å². The summed E-state index contributed by atoms with van der Waals surface area (Å²) in [4.78, 5) is 9.50. The van der Waals surface area contributed by atoms with Crippen molar-refractivity contribution >= 4 is 17.4 Å². The van der Waals surface area contributed by atoms with Crippen LogP contribution in [-0.2, 0) is 6.42 Å². The molecule has 5 heteroatoms. The van der Waals surface area contributed by atoms with Crippen molar-refractivity contribution in [3.05, 3.63) is 40.5 Å². The van der Waals surface area contributed by atoms with Gasteiger partial charge < -0.3 is 10.6 Å². The molecule has 1 saturated heterocycles. The summed E-state index contributed by atoms with van der Waals surface area (Å²) in [5, 5.41) is 7.77. The molecular weight excluding hydrogens is 308 g/mol. The number of benzene rings is 1. The first-order valence-electron chi connectivity index (χ1n) is 8.28. The van der Waals surface area contributed by atoms with Gasteiger partial charge in [0, 0.05) is 27.9 Å². The van der Waals surface area contributed by atoms with Gasteiger partial charge in [0.15, 0.2) is 5.82 Å². The smallest absolute Gasteiger partial charge is 0.161 e. The molecule has 3 rings (SSSR count). The normalized spacial score (nSPS) is 15.6. The van der Waals surface area contributed by atoms with Crippen LogP contribution in [0.3, 0.4) is 0 Å². The molecule has 23 heavy (non-hydrogen) atoms. The van der Waals surface area contributed by atoms with Crippen molar-refractivity contribution in [1.29, 1.82) is 0 Å². The molecule has 2 heterocycles. The lowest BCUT2D eigenvalue weighted by Crippen LogP contribution is -2.35. The number of nitrogens with one attached hydrogen (secondary N) is 2. The second-order valence-corrected chi connectivity index (χ2v) is 6.43. The molecule has 122 valence electrons. The standard InChI is InChI=1S/C18H23ClN4/c1-3-16-12(2)21-17(13-4-6-14(19)7-5-13)23-18(16)22-15-8-10-20-11-9-15/h4-7,15,20H,3,8-11H2,1-2H3,(H,21,22,23). The predicted molar refractivity (Wildman–Crippen MR) is 96.1 cm³/mol. The predicted octanol–water partition coefficient (Wildman–Crippen LogP) is 3.83. The van der Waals surface area contributed by atoms with Gasteiger partial charge in [-0.1, -0.05) is 18.5 Å². The van der Waals surface area contributed by atoms with Crippen LogP contribution in [0.25, 0.3) is 11.4 Å². The molecule has 2 N–H and O–H groups in total. The van der Waals surface area contributed by atoms with Gasteiger partial charge in [-0.15, -0.1) is 0 Å². The van der Waals surface area contributed by atoms with Gasteiger partial charge in [-0.2, -0.15) is 0 Å². The zero-order valence-electron chi connectivity index (χ0n) is 13.7. The van der Waals surface area contributed by atoms with Crippen LogP contribution >= 0.6 is 11.6 Å². The Morgan fingerprint density at radius 3 is 2.52 bits per heavy atom. The molecule has 1 aliphatic heterocycles. The third-order valence-corrected chi connectivity index (χ3v) is 4.60. The van der Waals surface area contributed by atoms with E-state index in [0.717, 1.165) is 60.3 Å². The third kappa shape index (κ3) is 3.82. The van der Waals surface area contributed by atoms with Gasteiger partial charge in [-0.3, -0.25) is 0 Å². The lowest BCUT2D eigenvalue weighted by Gasteiger charge is -2.25. The maximum absolute atomic E-state index is 5.98. The fourth-order valence-electron chi connectivity index (χ4n) is 3.03. The summed E-state index contributed by atoms with van der Waals surface area (Å²) >= 11 is 5.98. The first-order chi connectivity index (χ1) is 11.2. The van der Waals surface area contributed by atoms with Crippen molar-refractivity contribution in [2.45, 2.75) is 39.2 Å². The Hall–Kier alpha value is -1.65. The summed E-state index contributed by atoms with van der Waals surface area (Å²) in [6.45, 7) is 6.34. The molecule has 0 aliphatic carbocycles. The van der Waals surface area contributed by atoms with Crippen LogP contribution in [0.15, 0.2) is 24.3 Å². The summed E-state index contributed by atoms with van der Waals surface area (Å²) in [7, 11) is 0. The van der Waals surface area contributed by atoms with Crippen LogP contribution in [0.5, 0.6) is 0 Å². The number of piperidine rings is 1. The summed E-state index contributed by atoms with van der Waals surface area (Å²) in [5.74, 6) is 1.74. The molecule has 0 amide bonds. The lowest BCUT2D eigenvalue weighted by atomic mass is 10.1. The third-order valence-electron chi connectivity index (χ3n) is 4.35. The average Bonchev–Trinajstić information content (AvgIpc) is 2.56. The lowest BCUT2D eigenvalue weighted by molar-refractivity contribution is 0.478. The zero-order valence-corrected chi connectivity index (χ0v) is 14.5. The molecule has 1 fully saturated rings. The van der Waals surface area contributed by atoms with Crippen molar-refractivity contribution in [3.8, 4) is 11.4 Å². The van der Waals surface area contributed by atoms with Crippen LogP contribution in [0.2, 0.25) is 5.02 Å². The van der Waals surface area contributed by atoms with Crippen LogP contribution in [0.1, 0.15) is 31.0 Å². The maximum atomic E-state index is 5.98. The number of hydrogen-bond acceptors (Lipinski definition) is 4. The molecule has 1 aromatic carbocycles. The van der Waals surface area contributed by atoms with Gasteiger partial charge in [-0.05, 0) is 63.5 Å². The van der Waals surface area contributed by atoms with E-state index in [2.05, 4.69) is 24.5 Å². The second kappa shape index (κ2) is 7.28. The Morgan fingerprint density at radius 2 is 1.87 bits per heavy atom. The maximum Gasteiger partial charge on any atom is 0.161 e. The zero-order chi connectivity index (χ0) is 16.2. The molecule has 4 nitrogen and oxygen atoms in total. The Kier molecular flexibility index (Phi) is 5.13. The number of rotatable bonds is 4. The number of aromatic nitrogens is 2. The van der Waals surface area contributed by atoms with E-state index in [1.54, 1.807) is 0 Å². The number of anilines is 1. The van der Waals surface area contributed by atoms with Crippen LogP contribution in [0, 0.1) is 6.92 Å². The van der Waals surface area contributed by atoms with Crippen molar-refractivity contribution in [3.63, 3.8) is 0 Å². The van der Waals surface area contributed by atoms with Gasteiger partial charge in [0.25, 0.3) is 0 Å². The van der Waals surface area contributed by atoms with E-state index in [9.17, 15) is 0 Å². The highest BCUT2D eigenvalue weighted by Crippen LogP contribution is 2.25. The van der Waals surface area contributed by atoms with E-state index in [4.69, 9.17) is 21.6 Å². The number of halogens is 1. The fourth-order valence-corrected chi connectivity index (χ4v) is 3.15. The monoisotopic (exact) mass is 330 g/mol. The summed E-state index contributed by atoms with van der Waals surface area (Å²) in [6.07, 6.45) is 3.19. The highest BCUT2D eigenvalue weighted by Gasteiger charge is 2.17. The molecule has 0 unspecified atom stereocenters. The summed E-state index contributed by atoms with van der Waals surface area (Å²) < 4.78 is 0. The van der Waals surface area contributed by atoms with Crippen molar-refractivity contribution in [2.75, 3.05) is 18.4 Å². The minimum Gasteiger partial charge on any atom is -0.367 e. The summed E-state index contributed by atoms with van der Waals surface area (Å²) in [6, 6.07) is 8.18. The molecule has 0 radical (unpaired) electrons. The van der Waals surface area contributed by atoms with Crippen LogP contribution in [0.4, 0.5) is 5.82 Å².